The van der Waals surface area contributed by atoms with E-state index in [0.717, 1.165) is 5.56 Å². The van der Waals surface area contributed by atoms with E-state index >= 15 is 0 Å². The first kappa shape index (κ1) is 25.7. The Bertz CT molecular complexity index is 1030. The van der Waals surface area contributed by atoms with Gasteiger partial charge in [-0.3, -0.25) is 4.79 Å². The van der Waals surface area contributed by atoms with Gasteiger partial charge in [0.25, 0.3) is 5.91 Å². The van der Waals surface area contributed by atoms with Crippen molar-refractivity contribution < 1.29 is 32.2 Å². The second kappa shape index (κ2) is 11.9. The summed E-state index contributed by atoms with van der Waals surface area (Å²) in [5.74, 6) is 0.964. The summed E-state index contributed by atoms with van der Waals surface area (Å²) in [5.41, 5.74) is 0.824. The van der Waals surface area contributed by atoms with Crippen LogP contribution in [0.4, 0.5) is 0 Å². The highest BCUT2D eigenvalue weighted by atomic mass is 35.5. The largest absolute Gasteiger partial charge is 0.493 e. The SMILES string of the molecule is COCCNS(=O)(=O)c1ccc(OCC(=O)NC(C)c2ccc(OC)c(OC)c2)c(Cl)c1. The molecule has 1 unspecified atom stereocenters. The number of amides is 1. The number of hydrogen-bond acceptors (Lipinski definition) is 7. The molecule has 0 spiro atoms. The van der Waals surface area contributed by atoms with Crippen LogP contribution in [0.5, 0.6) is 17.2 Å². The summed E-state index contributed by atoms with van der Waals surface area (Å²) in [5, 5.41) is 2.89. The summed E-state index contributed by atoms with van der Waals surface area (Å²) >= 11 is 6.14. The molecule has 11 heteroatoms. The number of halogens is 1. The Labute approximate surface area is 193 Å². The molecular weight excluding hydrogens is 460 g/mol. The molecule has 2 aromatic carbocycles. The van der Waals surface area contributed by atoms with Gasteiger partial charge in [0.15, 0.2) is 18.1 Å². The quantitative estimate of drug-likeness (QED) is 0.443. The number of sulfonamides is 1. The fourth-order valence-electron chi connectivity index (χ4n) is 2.76. The molecule has 2 rings (SSSR count). The van der Waals surface area contributed by atoms with Crippen molar-refractivity contribution >= 4 is 27.5 Å². The molecule has 2 aromatic rings. The molecule has 0 radical (unpaired) electrons. The van der Waals surface area contributed by atoms with Crippen LogP contribution < -0.4 is 24.2 Å². The molecule has 0 saturated heterocycles. The second-order valence-corrected chi connectivity index (χ2v) is 8.85. The number of nitrogens with one attached hydrogen (secondary N) is 2. The Morgan fingerprint density at radius 1 is 1.03 bits per heavy atom. The van der Waals surface area contributed by atoms with E-state index in [1.165, 1.54) is 32.4 Å². The van der Waals surface area contributed by atoms with Gasteiger partial charge in [-0.05, 0) is 42.8 Å². The van der Waals surface area contributed by atoms with Crippen LogP contribution in [0.15, 0.2) is 41.3 Å². The van der Waals surface area contributed by atoms with Crippen LogP contribution in [-0.2, 0) is 19.6 Å². The highest BCUT2D eigenvalue weighted by Crippen LogP contribution is 2.30. The lowest BCUT2D eigenvalue weighted by molar-refractivity contribution is -0.123. The predicted octanol–water partition coefficient (Wildman–Crippen LogP) is 2.54. The van der Waals surface area contributed by atoms with Crippen molar-refractivity contribution in [3.8, 4) is 17.2 Å². The first-order valence-electron chi connectivity index (χ1n) is 9.64. The molecule has 0 heterocycles. The van der Waals surface area contributed by atoms with Crippen molar-refractivity contribution in [3.63, 3.8) is 0 Å². The van der Waals surface area contributed by atoms with Crippen molar-refractivity contribution in [2.75, 3.05) is 41.1 Å². The monoisotopic (exact) mass is 486 g/mol. The number of methoxy groups -OCH3 is 3. The first-order chi connectivity index (χ1) is 15.2. The molecule has 2 N–H and O–H groups in total. The first-order valence-corrected chi connectivity index (χ1v) is 11.5. The van der Waals surface area contributed by atoms with Gasteiger partial charge >= 0.3 is 0 Å². The predicted molar refractivity (Wildman–Crippen MR) is 120 cm³/mol. The van der Waals surface area contributed by atoms with Crippen molar-refractivity contribution in [2.45, 2.75) is 17.9 Å². The zero-order chi connectivity index (χ0) is 23.7. The molecule has 0 saturated carbocycles. The average Bonchev–Trinajstić information content (AvgIpc) is 2.77. The van der Waals surface area contributed by atoms with E-state index in [1.807, 2.05) is 13.0 Å². The van der Waals surface area contributed by atoms with Gasteiger partial charge < -0.3 is 24.3 Å². The molecule has 0 aliphatic carbocycles. The van der Waals surface area contributed by atoms with E-state index in [-0.39, 0.29) is 47.4 Å². The standard InChI is InChI=1S/C21H27ClN2O7S/c1-14(15-5-7-19(29-3)20(11-15)30-4)24-21(25)13-31-18-8-6-16(12-17(18)22)32(26,27)23-9-10-28-2/h5-8,11-12,14,23H,9-10,13H2,1-4H3,(H,24,25). The number of ether oxygens (including phenoxy) is 4. The van der Waals surface area contributed by atoms with E-state index in [4.69, 9.17) is 30.5 Å². The van der Waals surface area contributed by atoms with E-state index in [9.17, 15) is 13.2 Å². The Hall–Kier alpha value is -2.53. The van der Waals surface area contributed by atoms with Crippen LogP contribution >= 0.6 is 11.6 Å². The van der Waals surface area contributed by atoms with Gasteiger partial charge in [-0.25, -0.2) is 13.1 Å². The van der Waals surface area contributed by atoms with Crippen LogP contribution in [0.25, 0.3) is 0 Å². The number of carbonyl (C=O) groups excluding carboxylic acids is 1. The lowest BCUT2D eigenvalue weighted by atomic mass is 10.1. The number of rotatable bonds is 12. The minimum Gasteiger partial charge on any atom is -0.493 e. The Balaban J connectivity index is 1.96. The van der Waals surface area contributed by atoms with Gasteiger partial charge in [0.2, 0.25) is 10.0 Å². The molecule has 0 bridgehead atoms. The van der Waals surface area contributed by atoms with E-state index in [0.29, 0.717) is 11.5 Å². The topological polar surface area (TPSA) is 112 Å². The maximum atomic E-state index is 12.3. The zero-order valence-electron chi connectivity index (χ0n) is 18.3. The lowest BCUT2D eigenvalue weighted by Crippen LogP contribution is -2.31. The van der Waals surface area contributed by atoms with Gasteiger partial charge in [0.1, 0.15) is 5.75 Å². The molecule has 0 aromatic heterocycles. The van der Waals surface area contributed by atoms with Crippen molar-refractivity contribution in [2.24, 2.45) is 0 Å². The van der Waals surface area contributed by atoms with Crippen LogP contribution in [0.1, 0.15) is 18.5 Å². The maximum Gasteiger partial charge on any atom is 0.258 e. The summed E-state index contributed by atoms with van der Waals surface area (Å²) in [7, 11) is 0.828. The summed E-state index contributed by atoms with van der Waals surface area (Å²) in [4.78, 5) is 12.3. The Kier molecular flexibility index (Phi) is 9.58. The maximum absolute atomic E-state index is 12.3. The van der Waals surface area contributed by atoms with Crippen LogP contribution in [0.3, 0.4) is 0 Å². The Morgan fingerprint density at radius 3 is 2.34 bits per heavy atom. The molecule has 9 nitrogen and oxygen atoms in total. The van der Waals surface area contributed by atoms with E-state index in [1.54, 1.807) is 19.2 Å². The smallest absolute Gasteiger partial charge is 0.258 e. The normalized spacial score (nSPS) is 12.2. The van der Waals surface area contributed by atoms with Crippen LogP contribution in [0, 0.1) is 0 Å². The molecule has 32 heavy (non-hydrogen) atoms. The van der Waals surface area contributed by atoms with Gasteiger partial charge in [0.05, 0.1) is 36.8 Å². The van der Waals surface area contributed by atoms with Gasteiger partial charge in [0, 0.05) is 13.7 Å². The van der Waals surface area contributed by atoms with Gasteiger partial charge in [-0.2, -0.15) is 0 Å². The minimum atomic E-state index is -3.73. The van der Waals surface area contributed by atoms with E-state index < -0.39 is 10.0 Å². The van der Waals surface area contributed by atoms with Crippen molar-refractivity contribution in [1.29, 1.82) is 0 Å². The van der Waals surface area contributed by atoms with Gasteiger partial charge in [-0.1, -0.05) is 17.7 Å². The summed E-state index contributed by atoms with van der Waals surface area (Å²) in [6.45, 7) is 1.90. The average molecular weight is 487 g/mol. The summed E-state index contributed by atoms with van der Waals surface area (Å²) < 4.78 is 47.6. The Morgan fingerprint density at radius 2 is 1.72 bits per heavy atom. The fraction of sp³-hybridized carbons (Fsp3) is 0.381. The lowest BCUT2D eigenvalue weighted by Gasteiger charge is -2.17. The zero-order valence-corrected chi connectivity index (χ0v) is 19.9. The molecule has 1 amide bonds. The third kappa shape index (κ3) is 6.99. The number of carbonyl (C=O) groups is 1. The molecule has 1 atom stereocenters. The number of hydrogen-bond donors (Lipinski definition) is 2. The third-order valence-corrected chi connectivity index (χ3v) is 6.21. The molecular formula is C21H27ClN2O7S. The van der Waals surface area contributed by atoms with Crippen molar-refractivity contribution in [3.05, 3.63) is 47.0 Å². The number of benzene rings is 2. The summed E-state index contributed by atoms with van der Waals surface area (Å²) in [6, 6.07) is 9.06. The second-order valence-electron chi connectivity index (χ2n) is 6.68. The highest BCUT2D eigenvalue weighted by Gasteiger charge is 2.17. The molecule has 176 valence electrons. The van der Waals surface area contributed by atoms with Crippen LogP contribution in [-0.4, -0.2) is 55.4 Å². The van der Waals surface area contributed by atoms with Crippen LogP contribution in [0.2, 0.25) is 5.02 Å². The minimum absolute atomic E-state index is 0.0162. The third-order valence-electron chi connectivity index (χ3n) is 4.46. The fourth-order valence-corrected chi connectivity index (χ4v) is 4.10. The molecule has 0 fully saturated rings. The molecule has 0 aliphatic rings. The van der Waals surface area contributed by atoms with E-state index in [2.05, 4.69) is 10.0 Å². The van der Waals surface area contributed by atoms with Crippen molar-refractivity contribution in [1.82, 2.24) is 10.0 Å². The van der Waals surface area contributed by atoms with Gasteiger partial charge in [-0.15, -0.1) is 0 Å². The molecule has 0 aliphatic heterocycles. The highest BCUT2D eigenvalue weighted by molar-refractivity contribution is 7.89. The summed E-state index contributed by atoms with van der Waals surface area (Å²) in [6.07, 6.45) is 0.